The number of nitrogens with zero attached hydrogens (tertiary/aromatic N) is 2. The monoisotopic (exact) mass is 329 g/mol. The summed E-state index contributed by atoms with van der Waals surface area (Å²) in [5.41, 5.74) is 0.275. The van der Waals surface area contributed by atoms with Gasteiger partial charge in [0.2, 0.25) is 5.01 Å². The first kappa shape index (κ1) is 16.3. The van der Waals surface area contributed by atoms with Crippen molar-refractivity contribution in [2.24, 2.45) is 0 Å². The number of rotatable bonds is 6. The molecular formula is C13H19N3O3S2. The van der Waals surface area contributed by atoms with Crippen molar-refractivity contribution in [1.29, 1.82) is 0 Å². The highest BCUT2D eigenvalue weighted by atomic mass is 32.2. The van der Waals surface area contributed by atoms with Crippen molar-refractivity contribution >= 4 is 35.0 Å². The molecule has 8 heteroatoms. The molecule has 0 aromatic carbocycles. The summed E-state index contributed by atoms with van der Waals surface area (Å²) in [7, 11) is 0. The third-order valence-corrected chi connectivity index (χ3v) is 4.77. The summed E-state index contributed by atoms with van der Waals surface area (Å²) in [5, 5.41) is 4.64. The van der Waals surface area contributed by atoms with Crippen molar-refractivity contribution < 1.29 is 14.3 Å². The first-order valence-corrected chi connectivity index (χ1v) is 8.95. The molecule has 6 nitrogen and oxygen atoms in total. The zero-order valence-electron chi connectivity index (χ0n) is 12.0. The van der Waals surface area contributed by atoms with Crippen LogP contribution in [0.4, 0.5) is 0 Å². The zero-order valence-corrected chi connectivity index (χ0v) is 13.6. The minimum atomic E-state index is -0.479. The van der Waals surface area contributed by atoms with Crippen molar-refractivity contribution in [2.75, 3.05) is 44.3 Å². The Morgan fingerprint density at radius 2 is 2.19 bits per heavy atom. The topological polar surface area (TPSA) is 71.5 Å². The number of nitrogens with one attached hydrogen (secondary N) is 1. The number of carbonyl (C=O) groups excluding carboxylic acids is 2. The molecule has 1 fully saturated rings. The van der Waals surface area contributed by atoms with Gasteiger partial charge in [-0.05, 0) is 6.92 Å². The van der Waals surface area contributed by atoms with Crippen LogP contribution in [0.2, 0.25) is 0 Å². The van der Waals surface area contributed by atoms with Gasteiger partial charge in [-0.3, -0.25) is 9.69 Å². The molecular weight excluding hydrogens is 310 g/mol. The number of amides is 1. The van der Waals surface area contributed by atoms with E-state index in [1.54, 1.807) is 12.3 Å². The maximum absolute atomic E-state index is 11.9. The lowest BCUT2D eigenvalue weighted by Gasteiger charge is -2.25. The summed E-state index contributed by atoms with van der Waals surface area (Å²) < 4.78 is 4.85. The van der Waals surface area contributed by atoms with Crippen molar-refractivity contribution in [2.45, 2.75) is 6.92 Å². The summed E-state index contributed by atoms with van der Waals surface area (Å²) >= 11 is 3.09. The summed E-state index contributed by atoms with van der Waals surface area (Å²) in [5.74, 6) is 1.59. The summed E-state index contributed by atoms with van der Waals surface area (Å²) in [4.78, 5) is 29.8. The molecule has 0 aliphatic carbocycles. The molecule has 1 amide bonds. The second kappa shape index (κ2) is 8.35. The molecule has 1 aromatic heterocycles. The Morgan fingerprint density at radius 1 is 1.43 bits per heavy atom. The van der Waals surface area contributed by atoms with Crippen LogP contribution in [0.1, 0.15) is 27.2 Å². The maximum Gasteiger partial charge on any atom is 0.367 e. The van der Waals surface area contributed by atoms with Gasteiger partial charge in [-0.1, -0.05) is 0 Å². The molecule has 116 valence electrons. The molecule has 2 heterocycles. The van der Waals surface area contributed by atoms with Crippen LogP contribution < -0.4 is 5.32 Å². The van der Waals surface area contributed by atoms with Crippen LogP contribution in [0.3, 0.4) is 0 Å². The minimum Gasteiger partial charge on any atom is -0.461 e. The third-order valence-electron chi connectivity index (χ3n) is 3.00. The van der Waals surface area contributed by atoms with Gasteiger partial charge in [0.25, 0.3) is 5.91 Å². The van der Waals surface area contributed by atoms with Crippen LogP contribution in [-0.2, 0) is 4.74 Å². The normalized spacial score (nSPS) is 15.7. The molecule has 0 saturated carbocycles. The van der Waals surface area contributed by atoms with E-state index >= 15 is 0 Å². The Bertz CT molecular complexity index is 487. The van der Waals surface area contributed by atoms with Gasteiger partial charge in [0.1, 0.15) is 5.69 Å². The molecule has 0 unspecified atom stereocenters. The Hall–Kier alpha value is -1.12. The van der Waals surface area contributed by atoms with E-state index in [2.05, 4.69) is 15.2 Å². The lowest BCUT2D eigenvalue weighted by Crippen LogP contribution is -2.39. The van der Waals surface area contributed by atoms with Crippen LogP contribution in [0.25, 0.3) is 0 Å². The van der Waals surface area contributed by atoms with E-state index < -0.39 is 5.97 Å². The second-order valence-corrected chi connectivity index (χ2v) is 6.55. The van der Waals surface area contributed by atoms with Crippen molar-refractivity contribution in [3.05, 3.63) is 16.1 Å². The quantitative estimate of drug-likeness (QED) is 0.788. The summed E-state index contributed by atoms with van der Waals surface area (Å²) in [6, 6.07) is 0. The third kappa shape index (κ3) is 4.98. The van der Waals surface area contributed by atoms with Gasteiger partial charge in [0.05, 0.1) is 6.61 Å². The molecule has 0 bridgehead atoms. The summed E-state index contributed by atoms with van der Waals surface area (Å²) in [6.45, 7) is 5.62. The van der Waals surface area contributed by atoms with Gasteiger partial charge in [-0.25, -0.2) is 9.78 Å². The lowest BCUT2D eigenvalue weighted by molar-refractivity contribution is 0.0526. The highest BCUT2D eigenvalue weighted by Crippen LogP contribution is 2.11. The smallest absolute Gasteiger partial charge is 0.367 e. The number of thioether (sulfide) groups is 1. The van der Waals surface area contributed by atoms with Gasteiger partial charge in [-0.15, -0.1) is 11.3 Å². The number of aromatic nitrogens is 1. The zero-order chi connectivity index (χ0) is 15.1. The Labute approximate surface area is 132 Å². The van der Waals surface area contributed by atoms with Gasteiger partial charge in [-0.2, -0.15) is 11.8 Å². The maximum atomic E-state index is 11.9. The van der Waals surface area contributed by atoms with Crippen molar-refractivity contribution in [3.8, 4) is 0 Å². The van der Waals surface area contributed by atoms with Crippen LogP contribution in [-0.4, -0.2) is 66.1 Å². The largest absolute Gasteiger partial charge is 0.461 e. The first-order valence-electron chi connectivity index (χ1n) is 6.91. The fraction of sp³-hybridized carbons (Fsp3) is 0.615. The van der Waals surface area contributed by atoms with E-state index in [-0.39, 0.29) is 16.6 Å². The number of hydrogen-bond donors (Lipinski definition) is 1. The van der Waals surface area contributed by atoms with E-state index in [9.17, 15) is 9.59 Å². The molecule has 1 aliphatic heterocycles. The van der Waals surface area contributed by atoms with Gasteiger partial charge in [0, 0.05) is 43.1 Å². The predicted molar refractivity (Wildman–Crippen MR) is 84.2 cm³/mol. The fourth-order valence-electron chi connectivity index (χ4n) is 1.91. The fourth-order valence-corrected chi connectivity index (χ4v) is 3.58. The SMILES string of the molecule is CCOC(=O)c1nc(C(=O)NCCN2CCSCC2)cs1. The minimum absolute atomic E-state index is 0.218. The molecule has 0 radical (unpaired) electrons. The molecule has 2 rings (SSSR count). The standard InChI is InChI=1S/C13H19N3O3S2/c1-2-19-13(18)12-15-10(9-21-12)11(17)14-3-4-16-5-7-20-8-6-16/h9H,2-8H2,1H3,(H,14,17). The van der Waals surface area contributed by atoms with E-state index in [1.807, 2.05) is 11.8 Å². The number of hydrogen-bond acceptors (Lipinski definition) is 7. The van der Waals surface area contributed by atoms with E-state index in [0.29, 0.717) is 13.2 Å². The van der Waals surface area contributed by atoms with Crippen LogP contribution >= 0.6 is 23.1 Å². The average Bonchev–Trinajstić information content (AvgIpc) is 2.98. The van der Waals surface area contributed by atoms with E-state index in [4.69, 9.17) is 4.74 Å². The molecule has 1 aromatic rings. The molecule has 0 spiro atoms. The van der Waals surface area contributed by atoms with Crippen LogP contribution in [0.5, 0.6) is 0 Å². The van der Waals surface area contributed by atoms with E-state index in [1.165, 1.54) is 0 Å². The molecule has 21 heavy (non-hydrogen) atoms. The predicted octanol–water partition coefficient (Wildman–Crippen LogP) is 1.10. The molecule has 0 atom stereocenters. The van der Waals surface area contributed by atoms with Crippen LogP contribution in [0, 0.1) is 0 Å². The van der Waals surface area contributed by atoms with E-state index in [0.717, 1.165) is 42.5 Å². The van der Waals surface area contributed by atoms with Gasteiger partial charge < -0.3 is 10.1 Å². The molecule has 1 N–H and O–H groups in total. The highest BCUT2D eigenvalue weighted by Gasteiger charge is 2.16. The average molecular weight is 329 g/mol. The molecule has 1 saturated heterocycles. The number of carbonyl (C=O) groups is 2. The summed E-state index contributed by atoms with van der Waals surface area (Å²) in [6.07, 6.45) is 0. The second-order valence-electron chi connectivity index (χ2n) is 4.47. The Balaban J connectivity index is 1.76. The highest BCUT2D eigenvalue weighted by molar-refractivity contribution is 7.99. The Kier molecular flexibility index (Phi) is 6.47. The number of esters is 1. The number of thiazole rings is 1. The van der Waals surface area contributed by atoms with Gasteiger partial charge in [0.15, 0.2) is 0 Å². The Morgan fingerprint density at radius 3 is 2.90 bits per heavy atom. The first-order chi connectivity index (χ1) is 10.2. The number of ether oxygens (including phenoxy) is 1. The lowest BCUT2D eigenvalue weighted by atomic mass is 10.4. The van der Waals surface area contributed by atoms with Gasteiger partial charge >= 0.3 is 5.97 Å². The van der Waals surface area contributed by atoms with Crippen molar-refractivity contribution in [1.82, 2.24) is 15.2 Å². The van der Waals surface area contributed by atoms with Crippen LogP contribution in [0.15, 0.2) is 5.38 Å². The molecule has 1 aliphatic rings. The van der Waals surface area contributed by atoms with Crippen molar-refractivity contribution in [3.63, 3.8) is 0 Å².